The van der Waals surface area contributed by atoms with Crippen molar-refractivity contribution in [1.82, 2.24) is 10.0 Å². The first kappa shape index (κ1) is 30.7. The summed E-state index contributed by atoms with van der Waals surface area (Å²) in [5.41, 5.74) is 0. The molecule has 29 heavy (non-hydrogen) atoms. The fraction of sp³-hybridized carbons (Fsp3) is 0.917. The van der Waals surface area contributed by atoms with Gasteiger partial charge in [-0.1, -0.05) is 83.8 Å². The minimum absolute atomic E-state index is 0. The first-order chi connectivity index (χ1) is 13.5. The van der Waals surface area contributed by atoms with Gasteiger partial charge in [0.15, 0.2) is 0 Å². The van der Waals surface area contributed by atoms with E-state index in [4.69, 9.17) is 0 Å². The Bertz CT molecular complexity index is 344. The molecule has 2 N–H and O–H groups in total. The molecule has 0 heterocycles. The number of hydrazine groups is 1. The van der Waals surface area contributed by atoms with Crippen LogP contribution in [0.25, 0.3) is 0 Å². The molecule has 0 radical (unpaired) electrons. The van der Waals surface area contributed by atoms with Crippen molar-refractivity contribution in [1.29, 1.82) is 0 Å². The average molecular weight is 419 g/mol. The largest absolute Gasteiger partial charge is 0.377 e. The van der Waals surface area contributed by atoms with Gasteiger partial charge < -0.3 is 10.2 Å². The van der Waals surface area contributed by atoms with Gasteiger partial charge in [-0.2, -0.15) is 5.01 Å². The van der Waals surface area contributed by atoms with Crippen LogP contribution in [0.2, 0.25) is 0 Å². The summed E-state index contributed by atoms with van der Waals surface area (Å²) in [5, 5.41) is 23.4. The standard InChI is InChI=1S/C24H50N2O2.FH/c1-5-7-8-9-10-11-12-13-14-15-16-17-18-19-20-21-22-25(6-2)26(23(3)27)24(4)28;/h13-14,23-24,27-28H,5-12,15-22H2,1-4H3;1H/b14-13-;. The van der Waals surface area contributed by atoms with Crippen molar-refractivity contribution in [3.63, 3.8) is 0 Å². The van der Waals surface area contributed by atoms with E-state index in [0.29, 0.717) is 0 Å². The van der Waals surface area contributed by atoms with Gasteiger partial charge in [0.05, 0.1) is 0 Å². The van der Waals surface area contributed by atoms with Crippen LogP contribution in [0.5, 0.6) is 0 Å². The highest BCUT2D eigenvalue weighted by atomic mass is 19.0. The number of hydrogen-bond donors (Lipinski definition) is 2. The second-order valence-corrected chi connectivity index (χ2v) is 8.13. The summed E-state index contributed by atoms with van der Waals surface area (Å²) in [6, 6.07) is 0. The molecule has 0 saturated heterocycles. The number of nitrogens with zero attached hydrogens (tertiary/aromatic N) is 2. The molecule has 4 nitrogen and oxygen atoms in total. The van der Waals surface area contributed by atoms with Gasteiger partial charge in [0, 0.05) is 13.1 Å². The topological polar surface area (TPSA) is 46.9 Å². The lowest BCUT2D eigenvalue weighted by molar-refractivity contribution is -0.205. The molecule has 2 unspecified atom stereocenters. The van der Waals surface area contributed by atoms with Crippen LogP contribution in [0.15, 0.2) is 12.2 Å². The third-order valence-corrected chi connectivity index (χ3v) is 5.39. The molecule has 2 atom stereocenters. The Morgan fingerprint density at radius 1 is 0.655 bits per heavy atom. The predicted molar refractivity (Wildman–Crippen MR) is 124 cm³/mol. The zero-order valence-electron chi connectivity index (χ0n) is 19.8. The third-order valence-electron chi connectivity index (χ3n) is 5.39. The van der Waals surface area contributed by atoms with E-state index >= 15 is 0 Å². The van der Waals surface area contributed by atoms with Crippen molar-refractivity contribution in [2.75, 3.05) is 13.1 Å². The smallest absolute Gasteiger partial charge is 0.120 e. The zero-order valence-corrected chi connectivity index (χ0v) is 19.8. The molecule has 0 spiro atoms. The number of aliphatic hydroxyl groups excluding tert-OH is 2. The van der Waals surface area contributed by atoms with Crippen molar-refractivity contribution in [2.24, 2.45) is 0 Å². The quantitative estimate of drug-likeness (QED) is 0.104. The van der Waals surface area contributed by atoms with Crippen LogP contribution in [-0.4, -0.2) is 45.8 Å². The Morgan fingerprint density at radius 2 is 1.07 bits per heavy atom. The minimum Gasteiger partial charge on any atom is -0.377 e. The molecule has 0 aliphatic carbocycles. The maximum atomic E-state index is 9.84. The molecule has 0 aromatic carbocycles. The molecule has 0 fully saturated rings. The van der Waals surface area contributed by atoms with Crippen molar-refractivity contribution < 1.29 is 14.9 Å². The predicted octanol–water partition coefficient (Wildman–Crippen LogP) is 6.39. The van der Waals surface area contributed by atoms with Crippen molar-refractivity contribution in [3.8, 4) is 0 Å². The van der Waals surface area contributed by atoms with Crippen molar-refractivity contribution >= 4 is 0 Å². The molecular formula is C24H51FN2O2. The molecule has 0 rings (SSSR count). The average Bonchev–Trinajstić information content (AvgIpc) is 2.65. The van der Waals surface area contributed by atoms with Gasteiger partial charge >= 0.3 is 0 Å². The van der Waals surface area contributed by atoms with Crippen LogP contribution in [0.3, 0.4) is 0 Å². The van der Waals surface area contributed by atoms with Gasteiger partial charge in [0.25, 0.3) is 0 Å². The van der Waals surface area contributed by atoms with Gasteiger partial charge in [-0.15, -0.1) is 0 Å². The van der Waals surface area contributed by atoms with E-state index in [0.717, 1.165) is 19.5 Å². The summed E-state index contributed by atoms with van der Waals surface area (Å²) in [6.45, 7) is 9.45. The molecule has 0 aliphatic heterocycles. The number of halogens is 1. The summed E-state index contributed by atoms with van der Waals surface area (Å²) in [5.74, 6) is 0. The van der Waals surface area contributed by atoms with Gasteiger partial charge in [0.1, 0.15) is 12.5 Å². The first-order valence-corrected chi connectivity index (χ1v) is 12.1. The van der Waals surface area contributed by atoms with Gasteiger partial charge in [-0.3, -0.25) is 4.70 Å². The SMILES string of the molecule is CCCCCCCC/C=C\CCCCCCCCN(CC)N(C(C)O)C(C)O.F. The number of aliphatic hydroxyl groups is 2. The van der Waals surface area contributed by atoms with Crippen molar-refractivity contribution in [3.05, 3.63) is 12.2 Å². The molecular weight excluding hydrogens is 367 g/mol. The Hall–Kier alpha value is -0.490. The molecule has 0 amide bonds. The van der Waals surface area contributed by atoms with E-state index < -0.39 is 12.5 Å². The van der Waals surface area contributed by atoms with Crippen LogP contribution in [0.4, 0.5) is 4.70 Å². The molecule has 0 aromatic heterocycles. The van der Waals surface area contributed by atoms with Crippen LogP contribution in [0.1, 0.15) is 118 Å². The fourth-order valence-electron chi connectivity index (χ4n) is 3.76. The highest BCUT2D eigenvalue weighted by Gasteiger charge is 2.22. The summed E-state index contributed by atoms with van der Waals surface area (Å²) in [7, 11) is 0. The summed E-state index contributed by atoms with van der Waals surface area (Å²) in [6.07, 6.45) is 21.8. The second-order valence-electron chi connectivity index (χ2n) is 8.13. The number of unbranched alkanes of at least 4 members (excludes halogenated alkanes) is 12. The molecule has 0 saturated carbocycles. The maximum absolute atomic E-state index is 9.84. The monoisotopic (exact) mass is 418 g/mol. The Kier molecular flexibility index (Phi) is 23.5. The Morgan fingerprint density at radius 3 is 1.48 bits per heavy atom. The van der Waals surface area contributed by atoms with E-state index in [9.17, 15) is 10.2 Å². The highest BCUT2D eigenvalue weighted by molar-refractivity contribution is 4.81. The lowest BCUT2D eigenvalue weighted by Crippen LogP contribution is -2.52. The van der Waals surface area contributed by atoms with E-state index in [1.54, 1.807) is 18.9 Å². The molecule has 0 bridgehead atoms. The summed E-state index contributed by atoms with van der Waals surface area (Å²) in [4.78, 5) is 0. The number of rotatable bonds is 20. The lowest BCUT2D eigenvalue weighted by atomic mass is 10.1. The molecule has 0 aromatic rings. The minimum atomic E-state index is -0.658. The number of allylic oxidation sites excluding steroid dienone is 2. The third kappa shape index (κ3) is 18.0. The zero-order chi connectivity index (χ0) is 21.0. The molecule has 176 valence electrons. The summed E-state index contributed by atoms with van der Waals surface area (Å²) >= 11 is 0. The second kappa shape index (κ2) is 22.2. The molecule has 5 heteroatoms. The van der Waals surface area contributed by atoms with E-state index in [-0.39, 0.29) is 4.70 Å². The van der Waals surface area contributed by atoms with Gasteiger partial charge in [0.2, 0.25) is 0 Å². The van der Waals surface area contributed by atoms with E-state index in [1.807, 2.05) is 0 Å². The first-order valence-electron chi connectivity index (χ1n) is 12.1. The number of hydrogen-bond acceptors (Lipinski definition) is 4. The van der Waals surface area contributed by atoms with Crippen LogP contribution in [-0.2, 0) is 0 Å². The van der Waals surface area contributed by atoms with Crippen LogP contribution >= 0.6 is 0 Å². The summed E-state index contributed by atoms with van der Waals surface area (Å²) < 4.78 is 0. The van der Waals surface area contributed by atoms with E-state index in [2.05, 4.69) is 31.0 Å². The lowest BCUT2D eigenvalue weighted by Gasteiger charge is -2.38. The normalized spacial score (nSPS) is 13.9. The fourth-order valence-corrected chi connectivity index (χ4v) is 3.76. The molecule has 0 aliphatic rings. The van der Waals surface area contributed by atoms with Gasteiger partial charge in [-0.05, 0) is 46.0 Å². The van der Waals surface area contributed by atoms with E-state index in [1.165, 1.54) is 83.5 Å². The maximum Gasteiger partial charge on any atom is 0.120 e. The Labute approximate surface area is 180 Å². The van der Waals surface area contributed by atoms with Crippen LogP contribution < -0.4 is 0 Å². The van der Waals surface area contributed by atoms with Gasteiger partial charge in [-0.25, -0.2) is 5.01 Å². The highest BCUT2D eigenvalue weighted by Crippen LogP contribution is 2.12. The van der Waals surface area contributed by atoms with Crippen molar-refractivity contribution in [2.45, 2.75) is 130 Å². The Balaban J connectivity index is 0. The van der Waals surface area contributed by atoms with Crippen LogP contribution in [0, 0.1) is 0 Å².